The fraction of sp³-hybridized carbons (Fsp3) is 0.625. The summed E-state index contributed by atoms with van der Waals surface area (Å²) in [5.74, 6) is 1.53. The predicted octanol–water partition coefficient (Wildman–Crippen LogP) is 3.00. The predicted molar refractivity (Wildman–Crippen MR) is 77.8 cm³/mol. The van der Waals surface area contributed by atoms with E-state index in [9.17, 15) is 0 Å². The quantitative estimate of drug-likeness (QED) is 0.906. The van der Waals surface area contributed by atoms with E-state index in [2.05, 4.69) is 38.2 Å². The van der Waals surface area contributed by atoms with Gasteiger partial charge in [-0.2, -0.15) is 0 Å². The molecular weight excluding hydrogens is 238 g/mol. The molecule has 3 heteroatoms. The Kier molecular flexibility index (Phi) is 4.48. The SMILES string of the molecule is CNC(c1cc(C)c(OC)c(C)c1)C1CCOC1C. The minimum absolute atomic E-state index is 0.320. The second-order valence-corrected chi connectivity index (χ2v) is 5.48. The monoisotopic (exact) mass is 263 g/mol. The van der Waals surface area contributed by atoms with Gasteiger partial charge < -0.3 is 14.8 Å². The second kappa shape index (κ2) is 5.93. The molecule has 1 aromatic carbocycles. The van der Waals surface area contributed by atoms with E-state index in [1.165, 1.54) is 16.7 Å². The van der Waals surface area contributed by atoms with E-state index in [-0.39, 0.29) is 0 Å². The van der Waals surface area contributed by atoms with E-state index in [0.29, 0.717) is 18.1 Å². The van der Waals surface area contributed by atoms with Gasteiger partial charge in [0.2, 0.25) is 0 Å². The van der Waals surface area contributed by atoms with Gasteiger partial charge in [0.1, 0.15) is 5.75 Å². The molecule has 0 amide bonds. The summed E-state index contributed by atoms with van der Waals surface area (Å²) < 4.78 is 11.2. The number of rotatable bonds is 4. The maximum Gasteiger partial charge on any atom is 0.124 e. The lowest BCUT2D eigenvalue weighted by molar-refractivity contribution is 0.0963. The van der Waals surface area contributed by atoms with Crippen LogP contribution in [-0.4, -0.2) is 26.9 Å². The third-order valence-corrected chi connectivity index (χ3v) is 4.22. The maximum absolute atomic E-state index is 5.71. The van der Waals surface area contributed by atoms with Gasteiger partial charge in [0.05, 0.1) is 13.2 Å². The van der Waals surface area contributed by atoms with E-state index in [4.69, 9.17) is 9.47 Å². The van der Waals surface area contributed by atoms with E-state index in [1.807, 2.05) is 7.05 Å². The van der Waals surface area contributed by atoms with Gasteiger partial charge in [0, 0.05) is 18.6 Å². The van der Waals surface area contributed by atoms with Crippen LogP contribution in [0.4, 0.5) is 0 Å². The van der Waals surface area contributed by atoms with E-state index >= 15 is 0 Å². The van der Waals surface area contributed by atoms with Crippen molar-refractivity contribution in [2.75, 3.05) is 20.8 Å². The highest BCUT2D eigenvalue weighted by Crippen LogP contribution is 2.35. The van der Waals surface area contributed by atoms with Crippen LogP contribution >= 0.6 is 0 Å². The summed E-state index contributed by atoms with van der Waals surface area (Å²) in [4.78, 5) is 0. The standard InChI is InChI=1S/C16H25NO2/c1-10-8-13(9-11(2)16(10)18-5)15(17-4)14-6-7-19-12(14)3/h8-9,12,14-15,17H,6-7H2,1-5H3. The molecule has 0 aliphatic carbocycles. The second-order valence-electron chi connectivity index (χ2n) is 5.48. The van der Waals surface area contributed by atoms with Crippen molar-refractivity contribution < 1.29 is 9.47 Å². The molecule has 106 valence electrons. The van der Waals surface area contributed by atoms with E-state index in [1.54, 1.807) is 7.11 Å². The largest absolute Gasteiger partial charge is 0.496 e. The first-order valence-electron chi connectivity index (χ1n) is 7.02. The fourth-order valence-corrected chi connectivity index (χ4v) is 3.30. The van der Waals surface area contributed by atoms with Crippen LogP contribution in [-0.2, 0) is 4.74 Å². The first-order valence-corrected chi connectivity index (χ1v) is 7.02. The molecule has 3 atom stereocenters. The lowest BCUT2D eigenvalue weighted by atomic mass is 9.87. The summed E-state index contributed by atoms with van der Waals surface area (Å²) in [6.07, 6.45) is 1.44. The summed E-state index contributed by atoms with van der Waals surface area (Å²) in [5.41, 5.74) is 3.73. The van der Waals surface area contributed by atoms with Crippen LogP contribution in [0.15, 0.2) is 12.1 Å². The molecule has 0 aromatic heterocycles. The summed E-state index contributed by atoms with van der Waals surface area (Å²) in [6, 6.07) is 4.82. The average Bonchev–Trinajstić information content (AvgIpc) is 2.77. The van der Waals surface area contributed by atoms with Gasteiger partial charge in [-0.15, -0.1) is 0 Å². The van der Waals surface area contributed by atoms with Crippen LogP contribution in [0.3, 0.4) is 0 Å². The maximum atomic E-state index is 5.71. The van der Waals surface area contributed by atoms with Gasteiger partial charge in [0.25, 0.3) is 0 Å². The third-order valence-electron chi connectivity index (χ3n) is 4.22. The van der Waals surface area contributed by atoms with E-state index < -0.39 is 0 Å². The van der Waals surface area contributed by atoms with Gasteiger partial charge in [0.15, 0.2) is 0 Å². The minimum Gasteiger partial charge on any atom is -0.496 e. The molecule has 0 bridgehead atoms. The Morgan fingerprint density at radius 1 is 1.32 bits per heavy atom. The highest BCUT2D eigenvalue weighted by atomic mass is 16.5. The highest BCUT2D eigenvalue weighted by molar-refractivity contribution is 5.44. The lowest BCUT2D eigenvalue weighted by Crippen LogP contribution is -2.29. The molecule has 1 aliphatic heterocycles. The summed E-state index contributed by atoms with van der Waals surface area (Å²) in [6.45, 7) is 7.26. The molecule has 0 saturated carbocycles. The normalized spacial score (nSPS) is 24.5. The number of aryl methyl sites for hydroxylation is 2. The van der Waals surface area contributed by atoms with Crippen LogP contribution in [0.1, 0.15) is 36.1 Å². The Morgan fingerprint density at radius 3 is 2.37 bits per heavy atom. The van der Waals surface area contributed by atoms with Crippen LogP contribution in [0.25, 0.3) is 0 Å². The molecule has 19 heavy (non-hydrogen) atoms. The molecule has 1 heterocycles. The molecule has 3 nitrogen and oxygen atoms in total. The van der Waals surface area contributed by atoms with Crippen LogP contribution in [0.2, 0.25) is 0 Å². The van der Waals surface area contributed by atoms with Crippen LogP contribution in [0.5, 0.6) is 5.75 Å². The van der Waals surface area contributed by atoms with Crippen molar-refractivity contribution in [2.45, 2.75) is 39.3 Å². The Balaban J connectivity index is 2.33. The highest BCUT2D eigenvalue weighted by Gasteiger charge is 2.32. The Morgan fingerprint density at radius 2 is 1.95 bits per heavy atom. The number of methoxy groups -OCH3 is 1. The van der Waals surface area contributed by atoms with Gasteiger partial charge in [-0.05, 0) is 50.9 Å². The van der Waals surface area contributed by atoms with Crippen LogP contribution < -0.4 is 10.1 Å². The lowest BCUT2D eigenvalue weighted by Gasteiger charge is -2.27. The number of hydrogen-bond donors (Lipinski definition) is 1. The van der Waals surface area contributed by atoms with Crippen molar-refractivity contribution >= 4 is 0 Å². The Bertz CT molecular complexity index is 421. The zero-order valence-corrected chi connectivity index (χ0v) is 12.6. The van der Waals surface area contributed by atoms with Crippen molar-refractivity contribution in [2.24, 2.45) is 5.92 Å². The van der Waals surface area contributed by atoms with Crippen molar-refractivity contribution in [1.82, 2.24) is 5.32 Å². The number of ether oxygens (including phenoxy) is 2. The number of hydrogen-bond acceptors (Lipinski definition) is 3. The minimum atomic E-state index is 0.320. The van der Waals surface area contributed by atoms with Gasteiger partial charge in [-0.25, -0.2) is 0 Å². The van der Waals surface area contributed by atoms with Gasteiger partial charge in [-0.1, -0.05) is 12.1 Å². The molecule has 1 aromatic rings. The molecule has 1 fully saturated rings. The molecule has 1 saturated heterocycles. The number of benzene rings is 1. The van der Waals surface area contributed by atoms with Crippen molar-refractivity contribution in [3.05, 3.63) is 28.8 Å². The smallest absolute Gasteiger partial charge is 0.124 e. The summed E-state index contributed by atoms with van der Waals surface area (Å²) in [7, 11) is 3.77. The van der Waals surface area contributed by atoms with Crippen molar-refractivity contribution in [1.29, 1.82) is 0 Å². The third kappa shape index (κ3) is 2.77. The summed E-state index contributed by atoms with van der Waals surface area (Å²) in [5, 5.41) is 3.46. The fourth-order valence-electron chi connectivity index (χ4n) is 3.30. The summed E-state index contributed by atoms with van der Waals surface area (Å²) >= 11 is 0. The molecule has 1 N–H and O–H groups in total. The molecule has 0 radical (unpaired) electrons. The average molecular weight is 263 g/mol. The molecule has 3 unspecified atom stereocenters. The van der Waals surface area contributed by atoms with E-state index in [0.717, 1.165) is 18.8 Å². The molecule has 2 rings (SSSR count). The van der Waals surface area contributed by atoms with Crippen LogP contribution in [0, 0.1) is 19.8 Å². The topological polar surface area (TPSA) is 30.5 Å². The molecular formula is C16H25NO2. The first-order chi connectivity index (χ1) is 9.08. The Hall–Kier alpha value is -1.06. The zero-order chi connectivity index (χ0) is 14.0. The van der Waals surface area contributed by atoms with Crippen molar-refractivity contribution in [3.63, 3.8) is 0 Å². The van der Waals surface area contributed by atoms with Gasteiger partial charge in [-0.3, -0.25) is 0 Å². The Labute approximate surface area is 116 Å². The number of nitrogens with one attached hydrogen (secondary N) is 1. The first kappa shape index (κ1) is 14.4. The van der Waals surface area contributed by atoms with Crippen molar-refractivity contribution in [3.8, 4) is 5.75 Å². The zero-order valence-electron chi connectivity index (χ0n) is 12.6. The molecule has 1 aliphatic rings. The molecule has 0 spiro atoms. The van der Waals surface area contributed by atoms with Gasteiger partial charge >= 0.3 is 0 Å².